The first kappa shape index (κ1) is 18.4. The lowest BCUT2D eigenvalue weighted by Crippen LogP contribution is -2.35. The van der Waals surface area contributed by atoms with Crippen molar-refractivity contribution < 1.29 is 9.53 Å². The van der Waals surface area contributed by atoms with Crippen LogP contribution in [0.4, 0.5) is 5.69 Å². The first-order chi connectivity index (χ1) is 13.4. The van der Waals surface area contributed by atoms with Crippen molar-refractivity contribution in [1.82, 2.24) is 4.90 Å². The highest BCUT2D eigenvalue weighted by Crippen LogP contribution is 2.47. The van der Waals surface area contributed by atoms with Crippen LogP contribution in [0.15, 0.2) is 65.7 Å². The van der Waals surface area contributed by atoms with Crippen LogP contribution in [0.1, 0.15) is 18.9 Å². The third kappa shape index (κ3) is 2.81. The van der Waals surface area contributed by atoms with Gasteiger partial charge in [-0.05, 0) is 53.6 Å². The van der Waals surface area contributed by atoms with Crippen LogP contribution < -0.4 is 5.32 Å². The fourth-order valence-electron chi connectivity index (χ4n) is 3.92. The molecule has 2 unspecified atom stereocenters. The fraction of sp³-hybridized carbons (Fsp3) is 0.273. The summed E-state index contributed by atoms with van der Waals surface area (Å²) in [6.07, 6.45) is 10.5. The molecule has 0 saturated heterocycles. The average molecular weight is 395 g/mol. The van der Waals surface area contributed by atoms with Gasteiger partial charge in [0.2, 0.25) is 5.91 Å². The summed E-state index contributed by atoms with van der Waals surface area (Å²) in [5.74, 6) is 0.590. The number of allylic oxidation sites excluding steroid dienone is 3. The van der Waals surface area contributed by atoms with Crippen molar-refractivity contribution in [3.05, 3.63) is 81.2 Å². The Hall–Kier alpha value is -2.97. The summed E-state index contributed by atoms with van der Waals surface area (Å²) in [6, 6.07) is 8.50. The lowest BCUT2D eigenvalue weighted by atomic mass is 9.75. The number of amides is 1. The average Bonchev–Trinajstić information content (AvgIpc) is 2.83. The molecular formula is C22H21ClN3O2+. The van der Waals surface area contributed by atoms with Gasteiger partial charge < -0.3 is 15.0 Å². The molecule has 28 heavy (non-hydrogen) atoms. The topological polar surface area (TPSA) is 45.9 Å². The van der Waals surface area contributed by atoms with Crippen LogP contribution in [0.3, 0.4) is 0 Å². The number of halogens is 1. The van der Waals surface area contributed by atoms with Gasteiger partial charge in [0.25, 0.3) is 0 Å². The van der Waals surface area contributed by atoms with Crippen LogP contribution in [-0.2, 0) is 14.9 Å². The molecule has 1 N–H and O–H groups in total. The zero-order valence-corrected chi connectivity index (χ0v) is 16.7. The van der Waals surface area contributed by atoms with Crippen molar-refractivity contribution in [3.63, 3.8) is 0 Å². The van der Waals surface area contributed by atoms with E-state index >= 15 is 0 Å². The van der Waals surface area contributed by atoms with Crippen LogP contribution in [0, 0.1) is 6.07 Å². The molecule has 0 spiro atoms. The Kier molecular flexibility index (Phi) is 4.52. The molecule has 1 aromatic carbocycles. The van der Waals surface area contributed by atoms with Crippen molar-refractivity contribution in [1.29, 1.82) is 0 Å². The number of benzene rings is 1. The summed E-state index contributed by atoms with van der Waals surface area (Å²) >= 11 is 6.13. The Balaban J connectivity index is 1.86. The van der Waals surface area contributed by atoms with Gasteiger partial charge in [0, 0.05) is 23.3 Å². The first-order valence-electron chi connectivity index (χ1n) is 9.07. The predicted molar refractivity (Wildman–Crippen MR) is 111 cm³/mol. The summed E-state index contributed by atoms with van der Waals surface area (Å²) in [4.78, 5) is 19.3. The molecule has 1 aliphatic carbocycles. The smallest absolute Gasteiger partial charge is 0.321 e. The van der Waals surface area contributed by atoms with E-state index in [9.17, 15) is 4.79 Å². The third-order valence-electron chi connectivity index (χ3n) is 5.51. The number of nitrogens with one attached hydrogen (secondary N) is 1. The molecule has 0 fully saturated rings. The van der Waals surface area contributed by atoms with E-state index in [1.165, 1.54) is 0 Å². The molecule has 2 heterocycles. The highest BCUT2D eigenvalue weighted by Gasteiger charge is 2.47. The second kappa shape index (κ2) is 6.88. The minimum Gasteiger partial charge on any atom is -0.497 e. The molecular weight excluding hydrogens is 374 g/mol. The molecule has 3 aliphatic rings. The van der Waals surface area contributed by atoms with Crippen LogP contribution in [0.5, 0.6) is 0 Å². The maximum Gasteiger partial charge on any atom is 0.321 e. The van der Waals surface area contributed by atoms with E-state index in [4.69, 9.17) is 16.3 Å². The van der Waals surface area contributed by atoms with Crippen molar-refractivity contribution in [2.24, 2.45) is 0 Å². The zero-order chi connectivity index (χ0) is 19.9. The number of carbonyl (C=O) groups is 1. The number of methoxy groups -OCH3 is 1. The van der Waals surface area contributed by atoms with Crippen LogP contribution in [-0.4, -0.2) is 31.0 Å². The number of rotatable bonds is 3. The second-order valence-electron chi connectivity index (χ2n) is 7.16. The molecule has 4 rings (SSSR count). The third-order valence-corrected chi connectivity index (χ3v) is 5.75. The van der Waals surface area contributed by atoms with E-state index < -0.39 is 5.41 Å². The maximum atomic E-state index is 13.1. The Morgan fingerprint density at radius 3 is 2.96 bits per heavy atom. The summed E-state index contributed by atoms with van der Waals surface area (Å²) in [7, 11) is 3.61. The Labute approximate surface area is 169 Å². The van der Waals surface area contributed by atoms with Gasteiger partial charge in [0.1, 0.15) is 11.2 Å². The molecule has 2 atom stereocenters. The standard InChI is InChI=1S/C22H20ClN3O2/c1-22(16-8-7-15(23)12-18(16)25-21(22)27)17-11-14(5-4-6-20(17)28-3)19-13-24-9-10-26(19)2/h5-12,19H,4H2,1-3H3/p+1. The molecule has 6 heteroatoms. The zero-order valence-electron chi connectivity index (χ0n) is 16.0. The molecule has 0 bridgehead atoms. The van der Waals surface area contributed by atoms with Crippen molar-refractivity contribution >= 4 is 23.2 Å². The van der Waals surface area contributed by atoms with E-state index in [1.807, 2.05) is 49.4 Å². The summed E-state index contributed by atoms with van der Waals surface area (Å²) < 4.78 is 5.69. The Morgan fingerprint density at radius 2 is 2.21 bits per heavy atom. The molecule has 2 aliphatic heterocycles. The predicted octanol–water partition coefficient (Wildman–Crippen LogP) is 4.45. The second-order valence-corrected chi connectivity index (χ2v) is 7.60. The van der Waals surface area contributed by atoms with E-state index in [0.717, 1.165) is 22.4 Å². The number of nitrogens with zero attached hydrogens (tertiary/aromatic N) is 2. The normalized spacial score (nSPS) is 25.6. The number of anilines is 1. The lowest BCUT2D eigenvalue weighted by molar-refractivity contribution is -0.119. The molecule has 0 saturated carbocycles. The van der Waals surface area contributed by atoms with Gasteiger partial charge in [-0.25, -0.2) is 0 Å². The summed E-state index contributed by atoms with van der Waals surface area (Å²) in [6.45, 7) is 1.92. The first-order valence-corrected chi connectivity index (χ1v) is 9.45. The van der Waals surface area contributed by atoms with Crippen LogP contribution in [0.2, 0.25) is 5.02 Å². The number of hydrogen-bond donors (Lipinski definition) is 1. The van der Waals surface area contributed by atoms with E-state index in [1.54, 1.807) is 19.4 Å². The van der Waals surface area contributed by atoms with Gasteiger partial charge in [-0.2, -0.15) is 0 Å². The highest BCUT2D eigenvalue weighted by atomic mass is 35.5. The van der Waals surface area contributed by atoms with Gasteiger partial charge in [-0.1, -0.05) is 23.7 Å². The van der Waals surface area contributed by atoms with E-state index in [0.29, 0.717) is 17.2 Å². The molecule has 142 valence electrons. The van der Waals surface area contributed by atoms with Gasteiger partial charge in [-0.3, -0.25) is 4.79 Å². The lowest BCUT2D eigenvalue weighted by Gasteiger charge is -2.28. The summed E-state index contributed by atoms with van der Waals surface area (Å²) in [5, 5.41) is 3.56. The van der Waals surface area contributed by atoms with Crippen molar-refractivity contribution in [3.8, 4) is 6.07 Å². The molecule has 5 nitrogen and oxygen atoms in total. The SMILES string of the molecule is COC1=CCC=C(C2C#[N+]C=CN2C)C=C1C1(C)C(=O)Nc2cc(Cl)ccc21. The molecule has 1 aromatic rings. The van der Waals surface area contributed by atoms with Gasteiger partial charge >= 0.3 is 12.3 Å². The van der Waals surface area contributed by atoms with Gasteiger partial charge in [0.15, 0.2) is 6.04 Å². The monoisotopic (exact) mass is 394 g/mol. The largest absolute Gasteiger partial charge is 0.497 e. The summed E-state index contributed by atoms with van der Waals surface area (Å²) in [5.41, 5.74) is 2.54. The minimum atomic E-state index is -0.897. The fourth-order valence-corrected chi connectivity index (χ4v) is 4.09. The van der Waals surface area contributed by atoms with E-state index in [2.05, 4.69) is 22.3 Å². The number of hydrogen-bond acceptors (Lipinski definition) is 3. The number of likely N-dealkylation sites (N-methyl/N-ethyl adjacent to an activating group) is 1. The Morgan fingerprint density at radius 1 is 1.39 bits per heavy atom. The Bertz CT molecular complexity index is 1040. The quantitative estimate of drug-likeness (QED) is 0.823. The van der Waals surface area contributed by atoms with Crippen LogP contribution >= 0.6 is 11.6 Å². The van der Waals surface area contributed by atoms with Crippen molar-refractivity contribution in [2.75, 3.05) is 19.5 Å². The number of fused-ring (bicyclic) bond motifs is 1. The van der Waals surface area contributed by atoms with Crippen LogP contribution in [0.25, 0.3) is 4.85 Å². The van der Waals surface area contributed by atoms with Gasteiger partial charge in [-0.15, -0.1) is 0 Å². The highest BCUT2D eigenvalue weighted by molar-refractivity contribution is 6.31. The number of ether oxygens (including phenoxy) is 1. The van der Waals surface area contributed by atoms with E-state index in [-0.39, 0.29) is 11.9 Å². The van der Waals surface area contributed by atoms with Crippen molar-refractivity contribution in [2.45, 2.75) is 24.8 Å². The number of carbonyl (C=O) groups excluding carboxylic acids is 1. The molecule has 0 aromatic heterocycles. The molecule has 0 radical (unpaired) electrons. The maximum absolute atomic E-state index is 13.1. The minimum absolute atomic E-state index is 0.102. The molecule has 1 amide bonds. The van der Waals surface area contributed by atoms with Gasteiger partial charge in [0.05, 0.1) is 13.3 Å².